The Hall–Kier alpha value is -4.99. The number of hydrogen-bond donors (Lipinski definition) is 4. The van der Waals surface area contributed by atoms with Gasteiger partial charge in [0, 0.05) is 41.7 Å². The number of carbonyl (C=O) groups is 4. The van der Waals surface area contributed by atoms with Crippen molar-refractivity contribution in [3.8, 4) is 0 Å². The first-order valence-corrected chi connectivity index (χ1v) is 15.7. The van der Waals surface area contributed by atoms with Crippen molar-refractivity contribution < 1.29 is 165 Å². The smallest absolute Gasteiger partial charge is 0.871 e. The number of aliphatic hydroxyl groups excluding tert-OH is 4. The van der Waals surface area contributed by atoms with Crippen LogP contribution in [0.1, 0.15) is 64.3 Å². The minimum absolute atomic E-state index is 0. The third-order valence-corrected chi connectivity index (χ3v) is 4.25. The second-order valence-electron chi connectivity index (χ2n) is 8.75. The van der Waals surface area contributed by atoms with Gasteiger partial charge in [-0.1, -0.05) is 35.2 Å². The fourth-order valence-electron chi connectivity index (χ4n) is 2.66. The minimum atomic E-state index is -1.75. The number of nitrogens with zero attached hydrogens (tertiary/aromatic N) is 5. The van der Waals surface area contributed by atoms with E-state index in [0.717, 1.165) is 66.0 Å². The molecule has 0 fully saturated rings. The van der Waals surface area contributed by atoms with Crippen LogP contribution in [0, 0.1) is 92.9 Å². The van der Waals surface area contributed by atoms with Gasteiger partial charge >= 0.3 is 79.9 Å². The van der Waals surface area contributed by atoms with Gasteiger partial charge < -0.3 is 97.0 Å². The van der Waals surface area contributed by atoms with Crippen LogP contribution in [0.15, 0.2) is 60.7 Å². The molecule has 2 heterocycles. The number of aromatic nitrogens is 2. The molecule has 2 aromatic heterocycles. The van der Waals surface area contributed by atoms with Gasteiger partial charge in [-0.2, -0.15) is 0 Å². The third kappa shape index (κ3) is 79.8. The molecule has 2 aromatic rings. The van der Waals surface area contributed by atoms with Gasteiger partial charge in [-0.25, -0.2) is 0 Å². The Balaban J connectivity index is -0.0000000553. The number of ketones is 4. The van der Waals surface area contributed by atoms with Crippen molar-refractivity contribution in [3.63, 3.8) is 0 Å². The Bertz CT molecular complexity index is 1450. The van der Waals surface area contributed by atoms with Crippen LogP contribution in [-0.4, -0.2) is 110 Å². The minimum Gasteiger partial charge on any atom is -0.871 e. The Labute approximate surface area is 431 Å². The van der Waals surface area contributed by atoms with Gasteiger partial charge in [-0.05, 0) is 90.1 Å². The van der Waals surface area contributed by atoms with Crippen molar-refractivity contribution in [1.82, 2.24) is 9.97 Å². The molecule has 0 aliphatic rings. The van der Waals surface area contributed by atoms with Gasteiger partial charge in [0.2, 0.25) is 0 Å². The molecule has 31 heteroatoms. The molecule has 0 aliphatic carbocycles. The van der Waals surface area contributed by atoms with Gasteiger partial charge in [0.05, 0.1) is 38.0 Å². The van der Waals surface area contributed by atoms with Gasteiger partial charge in [0.15, 0.2) is 23.1 Å². The number of allylic oxidation sites excluding steroid dienone is 4. The van der Waals surface area contributed by atoms with E-state index < -0.39 is 61.4 Å². The molecule has 0 aliphatic heterocycles. The number of aliphatic hydroxyl groups is 4. The Morgan fingerprint density at radius 1 is 0.492 bits per heavy atom. The summed E-state index contributed by atoms with van der Waals surface area (Å²) < 4.78 is 4.83. The van der Waals surface area contributed by atoms with E-state index in [-0.39, 0.29) is 108 Å². The number of hydrogen-bond acceptors (Lipinski definition) is 24. The van der Waals surface area contributed by atoms with E-state index in [4.69, 9.17) is 71.1 Å². The summed E-state index contributed by atoms with van der Waals surface area (Å²) in [5.74, 6) is -3.86. The summed E-state index contributed by atoms with van der Waals surface area (Å²) in [4.78, 5) is 75.5. The van der Waals surface area contributed by atoms with Crippen LogP contribution in [-0.2, 0) is 62.4 Å². The van der Waals surface area contributed by atoms with Crippen molar-refractivity contribution in [1.29, 1.82) is 0 Å². The Morgan fingerprint density at radius 2 is 0.631 bits per heavy atom. The van der Waals surface area contributed by atoms with E-state index >= 15 is 0 Å². The molecule has 0 amide bonds. The summed E-state index contributed by atoms with van der Waals surface area (Å²) in [6, 6.07) is 8.52. The van der Waals surface area contributed by atoms with Crippen molar-refractivity contribution in [3.05, 3.63) is 129 Å². The molecular formula is C34H51N5Ni2O23Yb+. The van der Waals surface area contributed by atoms with E-state index in [0.29, 0.717) is 0 Å². The molecule has 0 saturated heterocycles. The van der Waals surface area contributed by atoms with Crippen molar-refractivity contribution >= 4 is 46.2 Å². The van der Waals surface area contributed by atoms with Crippen LogP contribution in [0.2, 0.25) is 0 Å². The second-order valence-corrected chi connectivity index (χ2v) is 8.75. The molecule has 7 N–H and O–H groups in total. The quantitative estimate of drug-likeness (QED) is 0.0465. The van der Waals surface area contributed by atoms with Gasteiger partial charge in [0.1, 0.15) is 0 Å². The largest absolute Gasteiger partial charge is 3.00 e. The van der Waals surface area contributed by atoms with Crippen LogP contribution in [0.3, 0.4) is 0 Å². The zero-order valence-electron chi connectivity index (χ0n) is 36.0. The van der Waals surface area contributed by atoms with Crippen LogP contribution in [0.25, 0.3) is 23.0 Å². The molecule has 383 valence electrons. The number of ether oxygens (including phenoxy) is 1. The number of pyridine rings is 2. The molecule has 2 rings (SSSR count). The predicted octanol–water partition coefficient (Wildman–Crippen LogP) is -2.84. The molecule has 28 nitrogen and oxygen atoms in total. The Kier molecular flexibility index (Phi) is 91.5. The molecule has 0 saturated carbocycles. The molecule has 1 radical (unpaired) electrons. The molecule has 0 atom stereocenters. The summed E-state index contributed by atoms with van der Waals surface area (Å²) in [5.41, 5.74) is -0.0259. The summed E-state index contributed by atoms with van der Waals surface area (Å²) in [6.07, 6.45) is 3.58. The SMILES string of the molecule is CC(=O)/C=C(\[O-])c1cccc(/C([O-])=C/C(C)=O)n1.CC(=O)/C=C(\[O-])c1cccc(/C([O-])=C/C(C)=O)n1.CCOCC.CO.CO.CO.CO.O=[N+]([O-])[O-].O=[N+]([O-])[O-].O=[N+]([O-])[O-].[Ni+2].[Ni+2].[OH3+].[Yb+3]. The fourth-order valence-corrected chi connectivity index (χ4v) is 2.66. The Morgan fingerprint density at radius 3 is 0.723 bits per heavy atom. The first-order chi connectivity index (χ1) is 28.4. The average molecular weight is 1190 g/mol. The van der Waals surface area contributed by atoms with Crippen LogP contribution >= 0.6 is 0 Å². The number of carbonyl (C=O) groups excluding carboxylic acids is 4. The summed E-state index contributed by atoms with van der Waals surface area (Å²) >= 11 is 0. The fraction of sp³-hybridized carbons (Fsp3) is 0.353. The molecule has 0 aromatic carbocycles. The first kappa shape index (κ1) is 90.7. The maximum Gasteiger partial charge on any atom is 3.00 e. The summed E-state index contributed by atoms with van der Waals surface area (Å²) in [5, 5.41) is 118. The monoisotopic (exact) mass is 1190 g/mol. The molecule has 65 heavy (non-hydrogen) atoms. The third-order valence-electron chi connectivity index (χ3n) is 4.25. The van der Waals surface area contributed by atoms with Crippen molar-refractivity contribution in [2.45, 2.75) is 41.5 Å². The zero-order chi connectivity index (χ0) is 50.3. The molecule has 0 unspecified atom stereocenters. The molecular weight excluding hydrogens is 1140 g/mol. The van der Waals surface area contributed by atoms with Gasteiger partial charge in [0.25, 0.3) is 0 Å². The standard InChI is InChI=1S/2C13H13NO4.C4H10O.4CH4O.3NO3.2Ni.H2O.Yb/c2*1-8(15)6-12(17)10-4-3-5-11(14-10)13(18)7-9(2)16;1-3-5-4-2;4*1-2;3*2-1(3)4;;;;/h2*3-7,17-18H,1-2H3;3-4H2,1-2H3;4*2H,1H3;;;;;;1H2;/q;;;;;;;3*-1;2*+2;;+3/p-3/b2*12-6-,13-7-;;;;;;;;;;;;. The molecule has 0 bridgehead atoms. The average Bonchev–Trinajstić information content (AvgIpc) is 3.17. The zero-order valence-corrected chi connectivity index (χ0v) is 39.7. The van der Waals surface area contributed by atoms with Gasteiger partial charge in [-0.3, -0.25) is 29.1 Å². The van der Waals surface area contributed by atoms with Gasteiger partial charge in [-0.15, -0.1) is 0 Å². The summed E-state index contributed by atoms with van der Waals surface area (Å²) in [6.45, 7) is 10.7. The predicted molar refractivity (Wildman–Crippen MR) is 214 cm³/mol. The molecule has 0 spiro atoms. The maximum atomic E-state index is 11.5. The van der Waals surface area contributed by atoms with Crippen LogP contribution in [0.5, 0.6) is 0 Å². The topological polar surface area (TPSA) is 508 Å². The number of rotatable bonds is 10. The maximum absolute atomic E-state index is 11.5. The van der Waals surface area contributed by atoms with E-state index in [1.54, 1.807) is 0 Å². The first-order valence-electron chi connectivity index (χ1n) is 15.7. The van der Waals surface area contributed by atoms with Crippen molar-refractivity contribution in [2.75, 3.05) is 41.7 Å². The normalized spacial score (nSPS) is 8.95. The van der Waals surface area contributed by atoms with Crippen molar-refractivity contribution in [2.24, 2.45) is 0 Å². The van der Waals surface area contributed by atoms with E-state index in [9.17, 15) is 39.6 Å². The van der Waals surface area contributed by atoms with E-state index in [1.807, 2.05) is 13.8 Å². The second kappa shape index (κ2) is 65.6. The summed E-state index contributed by atoms with van der Waals surface area (Å²) in [7, 11) is 4.00. The van der Waals surface area contributed by atoms with E-state index in [2.05, 4.69) is 9.97 Å². The van der Waals surface area contributed by atoms with Crippen LogP contribution < -0.4 is 20.4 Å². The van der Waals surface area contributed by atoms with Crippen LogP contribution in [0.4, 0.5) is 0 Å². The van der Waals surface area contributed by atoms with E-state index in [1.165, 1.54) is 64.1 Å².